The molecule has 212 valence electrons. The molecule has 0 amide bonds. The van der Waals surface area contributed by atoms with E-state index in [0.29, 0.717) is 29.1 Å². The van der Waals surface area contributed by atoms with Gasteiger partial charge in [0.15, 0.2) is 11.6 Å². The van der Waals surface area contributed by atoms with Crippen molar-refractivity contribution in [1.82, 2.24) is 0 Å². The third-order valence-electron chi connectivity index (χ3n) is 7.58. The van der Waals surface area contributed by atoms with Crippen LogP contribution in [0.5, 0.6) is 5.75 Å². The Hall–Kier alpha value is -3.58. The molecule has 0 bridgehead atoms. The summed E-state index contributed by atoms with van der Waals surface area (Å²) in [6, 6.07) is 17.1. The first kappa shape index (κ1) is 30.4. The Morgan fingerprint density at radius 3 is 2.32 bits per heavy atom. The second-order valence-electron chi connectivity index (χ2n) is 10.4. The van der Waals surface area contributed by atoms with Gasteiger partial charge in [0.25, 0.3) is 0 Å². The number of ether oxygens (including phenoxy) is 2. The second-order valence-corrected chi connectivity index (χ2v) is 12.3. The molecular formula is C35H36O4S2. The van der Waals surface area contributed by atoms with E-state index < -0.39 is 0 Å². The van der Waals surface area contributed by atoms with Crippen LogP contribution in [-0.2, 0) is 9.53 Å². The van der Waals surface area contributed by atoms with Crippen LogP contribution in [0.1, 0.15) is 45.8 Å². The molecule has 2 aromatic heterocycles. The van der Waals surface area contributed by atoms with Gasteiger partial charge in [-0.15, -0.1) is 22.7 Å². The lowest BCUT2D eigenvalue weighted by molar-refractivity contribution is -0.118. The Kier molecular flexibility index (Phi) is 9.59. The third-order valence-corrected chi connectivity index (χ3v) is 10.1. The van der Waals surface area contributed by atoms with Crippen molar-refractivity contribution in [2.24, 2.45) is 11.8 Å². The molecular weight excluding hydrogens is 549 g/mol. The lowest BCUT2D eigenvalue weighted by Crippen LogP contribution is -2.22. The quantitative estimate of drug-likeness (QED) is 0.123. The van der Waals surface area contributed by atoms with E-state index in [4.69, 9.17) is 9.47 Å². The van der Waals surface area contributed by atoms with E-state index in [9.17, 15) is 9.59 Å². The second kappa shape index (κ2) is 12.9. The SMILES string of the molecule is C=C(C(=O)c1cccc(OC)c1)c1cccc(-c2csc(-c3sc(C(=C)C(=O)C(C)C(C)COC)cc3C)c2C)c1. The average molecular weight is 585 g/mol. The lowest BCUT2D eigenvalue weighted by atomic mass is 9.88. The van der Waals surface area contributed by atoms with Gasteiger partial charge >= 0.3 is 0 Å². The molecule has 0 aliphatic rings. The number of carbonyl (C=O) groups is 2. The molecule has 0 N–H and O–H groups in total. The number of rotatable bonds is 12. The molecule has 0 saturated heterocycles. The van der Waals surface area contributed by atoms with Crippen LogP contribution in [0.2, 0.25) is 0 Å². The monoisotopic (exact) mass is 584 g/mol. The predicted octanol–water partition coefficient (Wildman–Crippen LogP) is 9.17. The van der Waals surface area contributed by atoms with Gasteiger partial charge in [-0.05, 0) is 77.2 Å². The highest BCUT2D eigenvalue weighted by Crippen LogP contribution is 2.44. The van der Waals surface area contributed by atoms with Gasteiger partial charge in [0.2, 0.25) is 0 Å². The van der Waals surface area contributed by atoms with E-state index in [2.05, 4.69) is 44.5 Å². The van der Waals surface area contributed by atoms with Crippen molar-refractivity contribution in [2.75, 3.05) is 20.8 Å². The van der Waals surface area contributed by atoms with Crippen molar-refractivity contribution in [1.29, 1.82) is 0 Å². The summed E-state index contributed by atoms with van der Waals surface area (Å²) in [5.74, 6) is 0.511. The molecule has 0 aliphatic heterocycles. The summed E-state index contributed by atoms with van der Waals surface area (Å²) in [4.78, 5) is 29.6. The molecule has 4 rings (SSSR count). The van der Waals surface area contributed by atoms with Gasteiger partial charge in [-0.1, -0.05) is 57.3 Å². The summed E-state index contributed by atoms with van der Waals surface area (Å²) < 4.78 is 10.5. The summed E-state index contributed by atoms with van der Waals surface area (Å²) in [7, 11) is 3.24. The van der Waals surface area contributed by atoms with Crippen molar-refractivity contribution in [3.63, 3.8) is 0 Å². The maximum atomic E-state index is 13.2. The fourth-order valence-electron chi connectivity index (χ4n) is 4.79. The predicted molar refractivity (Wildman–Crippen MR) is 173 cm³/mol. The first-order valence-corrected chi connectivity index (χ1v) is 15.2. The highest BCUT2D eigenvalue weighted by atomic mass is 32.1. The minimum absolute atomic E-state index is 0.0616. The van der Waals surface area contributed by atoms with E-state index in [1.54, 1.807) is 55.1 Å². The zero-order valence-corrected chi connectivity index (χ0v) is 26.1. The van der Waals surface area contributed by atoms with Crippen LogP contribution < -0.4 is 4.74 Å². The van der Waals surface area contributed by atoms with Crippen LogP contribution in [0.3, 0.4) is 0 Å². The third kappa shape index (κ3) is 6.35. The summed E-state index contributed by atoms with van der Waals surface area (Å²) in [5.41, 5.74) is 6.73. The van der Waals surface area contributed by atoms with Gasteiger partial charge in [0.05, 0.1) is 7.11 Å². The number of methoxy groups -OCH3 is 2. The van der Waals surface area contributed by atoms with Crippen molar-refractivity contribution in [3.8, 4) is 26.6 Å². The van der Waals surface area contributed by atoms with Crippen LogP contribution in [0.25, 0.3) is 32.0 Å². The Bertz CT molecular complexity index is 1620. The van der Waals surface area contributed by atoms with Crippen molar-refractivity contribution >= 4 is 45.4 Å². The normalized spacial score (nSPS) is 12.5. The molecule has 0 spiro atoms. The maximum Gasteiger partial charge on any atom is 0.193 e. The number of hydrogen-bond acceptors (Lipinski definition) is 6. The standard InChI is InChI=1S/C35H36O4S2/c1-20-15-31(25(6)32(36)22(3)21(2)18-38-7)41-34(20)35-24(5)30(19-40-35)27-12-9-11-26(16-27)23(4)33(37)28-13-10-14-29(17-28)39-8/h9-17,19,21-22H,4,6,18H2,1-3,5,7-8H3. The van der Waals surface area contributed by atoms with E-state index in [-0.39, 0.29) is 23.4 Å². The fourth-order valence-corrected chi connectivity index (χ4v) is 7.31. The van der Waals surface area contributed by atoms with E-state index in [1.807, 2.05) is 38.1 Å². The van der Waals surface area contributed by atoms with E-state index in [0.717, 1.165) is 37.6 Å². The average Bonchev–Trinajstić information content (AvgIpc) is 3.56. The summed E-state index contributed by atoms with van der Waals surface area (Å²) in [5, 5.41) is 2.16. The van der Waals surface area contributed by atoms with Crippen LogP contribution >= 0.6 is 22.7 Å². The van der Waals surface area contributed by atoms with Crippen molar-refractivity contribution in [3.05, 3.63) is 100 Å². The van der Waals surface area contributed by atoms with Gasteiger partial charge in [-0.25, -0.2) is 0 Å². The summed E-state index contributed by atoms with van der Waals surface area (Å²) in [6.07, 6.45) is 0. The molecule has 4 nitrogen and oxygen atoms in total. The van der Waals surface area contributed by atoms with Crippen LogP contribution in [-0.4, -0.2) is 32.4 Å². The highest BCUT2D eigenvalue weighted by molar-refractivity contribution is 7.22. The van der Waals surface area contributed by atoms with Gasteiger partial charge in [0, 0.05) is 51.0 Å². The number of allylic oxidation sites excluding steroid dienone is 2. The number of hydrogen-bond donors (Lipinski definition) is 0. The number of ketones is 2. The number of thiophene rings is 2. The number of carbonyl (C=O) groups excluding carboxylic acids is 2. The Labute approximate surface area is 251 Å². The zero-order valence-electron chi connectivity index (χ0n) is 24.5. The molecule has 0 radical (unpaired) electrons. The number of Topliss-reactive ketones (excluding diaryl/α,β-unsaturated/α-hetero) is 2. The molecule has 6 heteroatoms. The van der Waals surface area contributed by atoms with Gasteiger partial charge in [-0.2, -0.15) is 0 Å². The molecule has 2 heterocycles. The van der Waals surface area contributed by atoms with E-state index in [1.165, 1.54) is 4.88 Å². The Morgan fingerprint density at radius 1 is 0.902 bits per heavy atom. The minimum Gasteiger partial charge on any atom is -0.497 e. The molecule has 2 atom stereocenters. The minimum atomic E-state index is -0.166. The molecule has 41 heavy (non-hydrogen) atoms. The lowest BCUT2D eigenvalue weighted by Gasteiger charge is -2.18. The highest BCUT2D eigenvalue weighted by Gasteiger charge is 2.25. The van der Waals surface area contributed by atoms with Gasteiger partial charge in [0.1, 0.15) is 5.75 Å². The number of benzene rings is 2. The molecule has 0 fully saturated rings. The number of aryl methyl sites for hydroxylation is 1. The first-order chi connectivity index (χ1) is 19.6. The molecule has 2 unspecified atom stereocenters. The molecule has 0 aliphatic carbocycles. The Balaban J connectivity index is 1.60. The molecule has 4 aromatic rings. The van der Waals surface area contributed by atoms with Crippen LogP contribution in [0, 0.1) is 25.7 Å². The first-order valence-electron chi connectivity index (χ1n) is 13.5. The maximum absolute atomic E-state index is 13.2. The van der Waals surface area contributed by atoms with Gasteiger partial charge in [-0.3, -0.25) is 9.59 Å². The molecule has 0 saturated carbocycles. The van der Waals surface area contributed by atoms with Crippen LogP contribution in [0.4, 0.5) is 0 Å². The van der Waals surface area contributed by atoms with E-state index >= 15 is 0 Å². The largest absolute Gasteiger partial charge is 0.497 e. The topological polar surface area (TPSA) is 52.6 Å². The van der Waals surface area contributed by atoms with Gasteiger partial charge < -0.3 is 9.47 Å². The fraction of sp³-hybridized carbons (Fsp3) is 0.257. The summed E-state index contributed by atoms with van der Waals surface area (Å²) in [6.45, 7) is 17.0. The zero-order chi connectivity index (χ0) is 29.8. The Morgan fingerprint density at radius 2 is 1.61 bits per heavy atom. The van der Waals surface area contributed by atoms with Crippen molar-refractivity contribution < 1.29 is 19.1 Å². The van der Waals surface area contributed by atoms with Crippen LogP contribution in [0.15, 0.2) is 73.1 Å². The van der Waals surface area contributed by atoms with Crippen molar-refractivity contribution in [2.45, 2.75) is 27.7 Å². The smallest absolute Gasteiger partial charge is 0.193 e. The summed E-state index contributed by atoms with van der Waals surface area (Å²) >= 11 is 3.30. The molecule has 2 aromatic carbocycles.